The number of anilines is 5. The molecule has 0 radical (unpaired) electrons. The maximum atomic E-state index is 2.72. The average molecular weight is 1020 g/mol. The SMILES string of the molecule is CC(C)(C)c1ccc(N(c2ccc(C(C)(C)C)cc2)c2cc3c(c4ccccc24)C2=C(CC(N(c4ccc(C(C)(C)C)cc4)c4ccc(C(C)(C)C)cc4)C4=C2Cc2ccccc24)C32c3ccccc3-c3ccccc32)cc1. The van der Waals surface area contributed by atoms with E-state index in [1.807, 2.05) is 0 Å². The molecule has 1 spiro atoms. The number of nitrogens with zero attached hydrogens (tertiary/aromatic N) is 2. The molecule has 2 nitrogen and oxygen atoms in total. The fraction of sp³-hybridized carbons (Fsp3) is 0.263. The molecule has 0 saturated carbocycles. The Labute approximate surface area is 464 Å². The molecule has 78 heavy (non-hydrogen) atoms. The van der Waals surface area contributed by atoms with Crippen LogP contribution in [0.1, 0.15) is 145 Å². The molecule has 9 aromatic carbocycles. The lowest BCUT2D eigenvalue weighted by molar-refractivity contribution is 0.589. The smallest absolute Gasteiger partial charge is 0.0690 e. The Morgan fingerprint density at radius 2 is 0.795 bits per heavy atom. The van der Waals surface area contributed by atoms with Crippen molar-refractivity contribution in [2.75, 3.05) is 9.80 Å². The Kier molecular flexibility index (Phi) is 11.3. The van der Waals surface area contributed by atoms with Crippen LogP contribution in [0.3, 0.4) is 0 Å². The minimum absolute atomic E-state index is 0.0145. The maximum absolute atomic E-state index is 2.72. The number of rotatable bonds is 6. The first-order chi connectivity index (χ1) is 37.2. The normalized spacial score (nSPS) is 16.2. The van der Waals surface area contributed by atoms with Gasteiger partial charge in [-0.15, -0.1) is 0 Å². The van der Waals surface area contributed by atoms with Gasteiger partial charge in [0.2, 0.25) is 0 Å². The van der Waals surface area contributed by atoms with Gasteiger partial charge in [-0.25, -0.2) is 0 Å². The molecule has 9 aromatic rings. The van der Waals surface area contributed by atoms with Crippen molar-refractivity contribution in [3.8, 4) is 11.1 Å². The summed E-state index contributed by atoms with van der Waals surface area (Å²) in [5.74, 6) is 0. The number of fused-ring (bicyclic) bond motifs is 14. The van der Waals surface area contributed by atoms with Gasteiger partial charge in [-0.05, 0) is 184 Å². The van der Waals surface area contributed by atoms with E-state index in [2.05, 4.69) is 293 Å². The maximum Gasteiger partial charge on any atom is 0.0690 e. The van der Waals surface area contributed by atoms with Crippen LogP contribution in [-0.4, -0.2) is 6.04 Å². The summed E-state index contributed by atoms with van der Waals surface area (Å²) in [7, 11) is 0. The van der Waals surface area contributed by atoms with Crippen molar-refractivity contribution in [1.29, 1.82) is 0 Å². The molecule has 0 aromatic heterocycles. The topological polar surface area (TPSA) is 6.48 Å². The minimum Gasteiger partial charge on any atom is -0.334 e. The van der Waals surface area contributed by atoms with E-state index in [0.717, 1.165) is 24.2 Å². The average Bonchev–Trinajstić information content (AvgIpc) is 2.35. The van der Waals surface area contributed by atoms with E-state index in [9.17, 15) is 0 Å². The second-order valence-electron chi connectivity index (χ2n) is 26.9. The zero-order valence-corrected chi connectivity index (χ0v) is 47.9. The molecule has 4 aliphatic rings. The second kappa shape index (κ2) is 17.7. The Bertz CT molecular complexity index is 3750. The third-order valence-corrected chi connectivity index (χ3v) is 18.0. The first kappa shape index (κ1) is 49.9. The van der Waals surface area contributed by atoms with Gasteiger partial charge < -0.3 is 9.80 Å². The highest BCUT2D eigenvalue weighted by atomic mass is 15.2. The fourth-order valence-corrected chi connectivity index (χ4v) is 14.0. The molecule has 4 aliphatic carbocycles. The van der Waals surface area contributed by atoms with Crippen molar-refractivity contribution >= 4 is 50.4 Å². The number of hydrogen-bond donors (Lipinski definition) is 0. The Morgan fingerprint density at radius 3 is 1.26 bits per heavy atom. The van der Waals surface area contributed by atoms with Crippen LogP contribution in [0.4, 0.5) is 28.4 Å². The Morgan fingerprint density at radius 1 is 0.397 bits per heavy atom. The van der Waals surface area contributed by atoms with Gasteiger partial charge in [-0.3, -0.25) is 0 Å². The van der Waals surface area contributed by atoms with Crippen molar-refractivity contribution < 1.29 is 0 Å². The highest BCUT2D eigenvalue weighted by Gasteiger charge is 2.57. The van der Waals surface area contributed by atoms with E-state index in [0.29, 0.717) is 0 Å². The van der Waals surface area contributed by atoms with Gasteiger partial charge in [-0.1, -0.05) is 229 Å². The molecule has 0 bridgehead atoms. The van der Waals surface area contributed by atoms with E-state index in [1.165, 1.54) is 117 Å². The molecule has 0 heterocycles. The van der Waals surface area contributed by atoms with Gasteiger partial charge in [0.05, 0.1) is 17.1 Å². The first-order valence-electron chi connectivity index (χ1n) is 28.6. The molecule has 0 amide bonds. The molecule has 0 fully saturated rings. The summed E-state index contributed by atoms with van der Waals surface area (Å²) in [5.41, 5.74) is 27.6. The van der Waals surface area contributed by atoms with E-state index in [-0.39, 0.29) is 27.7 Å². The summed E-state index contributed by atoms with van der Waals surface area (Å²) in [6.45, 7) is 27.8. The van der Waals surface area contributed by atoms with Crippen molar-refractivity contribution in [2.45, 2.75) is 129 Å². The van der Waals surface area contributed by atoms with Crippen LogP contribution in [0, 0.1) is 0 Å². The van der Waals surface area contributed by atoms with Crippen LogP contribution >= 0.6 is 0 Å². The second-order valence-corrected chi connectivity index (χ2v) is 26.9. The Hall–Kier alpha value is -7.68. The number of allylic oxidation sites excluding steroid dienone is 2. The number of hydrogen-bond acceptors (Lipinski definition) is 2. The zero-order valence-electron chi connectivity index (χ0n) is 47.9. The van der Waals surface area contributed by atoms with Crippen molar-refractivity contribution in [2.24, 2.45) is 0 Å². The van der Waals surface area contributed by atoms with Crippen molar-refractivity contribution in [1.82, 2.24) is 0 Å². The molecule has 0 aliphatic heterocycles. The predicted octanol–water partition coefficient (Wildman–Crippen LogP) is 20.2. The van der Waals surface area contributed by atoms with Crippen molar-refractivity contribution in [3.63, 3.8) is 0 Å². The molecule has 1 atom stereocenters. The van der Waals surface area contributed by atoms with Crippen molar-refractivity contribution in [3.05, 3.63) is 267 Å². The summed E-state index contributed by atoms with van der Waals surface area (Å²) in [6.07, 6.45) is 1.71. The van der Waals surface area contributed by atoms with Crippen LogP contribution in [0.25, 0.3) is 33.0 Å². The third kappa shape index (κ3) is 7.72. The molecular weight excluding hydrogens is 941 g/mol. The van der Waals surface area contributed by atoms with Crippen LogP contribution in [0.2, 0.25) is 0 Å². The summed E-state index contributed by atoms with van der Waals surface area (Å²) in [5, 5.41) is 2.55. The van der Waals surface area contributed by atoms with Crippen LogP contribution in [0.15, 0.2) is 211 Å². The van der Waals surface area contributed by atoms with Gasteiger partial charge >= 0.3 is 0 Å². The van der Waals surface area contributed by atoms with E-state index in [1.54, 1.807) is 0 Å². The molecule has 2 heteroatoms. The summed E-state index contributed by atoms with van der Waals surface area (Å²) in [4.78, 5) is 5.28. The molecule has 0 N–H and O–H groups in total. The highest BCUT2D eigenvalue weighted by Crippen LogP contribution is 2.69. The standard InChI is InChI=1S/C76H74N2/c1-72(2,3)49-29-37-53(38-30-49)77(54-39-31-50(32-40-54)73(4,5)6)67-46-65-70(61-26-16-15-25-60(61)67)71-62-45-48-21-13-14-22-57(48)69(62)68(47-66(71)76(65)63-27-19-17-23-58(63)59-24-18-20-28-64(59)76)78(55-41-33-51(34-42-55)74(7,8)9)56-43-35-52(36-44-56)75(10,11)12/h13-44,46,68H,45,47H2,1-12H3. The van der Waals surface area contributed by atoms with Crippen LogP contribution < -0.4 is 9.80 Å². The highest BCUT2D eigenvalue weighted by molar-refractivity contribution is 6.15. The van der Waals surface area contributed by atoms with E-state index in [4.69, 9.17) is 0 Å². The minimum atomic E-state index is -0.585. The molecule has 0 saturated heterocycles. The monoisotopic (exact) mass is 1010 g/mol. The third-order valence-electron chi connectivity index (χ3n) is 18.0. The van der Waals surface area contributed by atoms with Crippen LogP contribution in [0.5, 0.6) is 0 Å². The zero-order chi connectivity index (χ0) is 54.3. The van der Waals surface area contributed by atoms with Gasteiger partial charge in [0, 0.05) is 28.1 Å². The number of benzene rings is 9. The van der Waals surface area contributed by atoms with E-state index < -0.39 is 5.41 Å². The summed E-state index contributed by atoms with van der Waals surface area (Å²) < 4.78 is 0. The lowest BCUT2D eigenvalue weighted by Crippen LogP contribution is -2.38. The lowest BCUT2D eigenvalue weighted by Gasteiger charge is -2.42. The van der Waals surface area contributed by atoms with Gasteiger partial charge in [-0.2, -0.15) is 0 Å². The van der Waals surface area contributed by atoms with Gasteiger partial charge in [0.15, 0.2) is 0 Å². The quantitative estimate of drug-likeness (QED) is 0.164. The first-order valence-corrected chi connectivity index (χ1v) is 28.6. The molecule has 388 valence electrons. The van der Waals surface area contributed by atoms with Gasteiger partial charge in [0.25, 0.3) is 0 Å². The predicted molar refractivity (Wildman–Crippen MR) is 333 cm³/mol. The molecule has 13 rings (SSSR count). The largest absolute Gasteiger partial charge is 0.334 e. The van der Waals surface area contributed by atoms with E-state index >= 15 is 0 Å². The van der Waals surface area contributed by atoms with Crippen LogP contribution in [-0.2, 0) is 33.5 Å². The molecule has 1 unspecified atom stereocenters. The summed E-state index contributed by atoms with van der Waals surface area (Å²) >= 11 is 0. The fourth-order valence-electron chi connectivity index (χ4n) is 14.0. The lowest BCUT2D eigenvalue weighted by atomic mass is 9.66. The van der Waals surface area contributed by atoms with Gasteiger partial charge in [0.1, 0.15) is 0 Å². The molecular formula is C76H74N2. The summed E-state index contributed by atoms with van der Waals surface area (Å²) in [6, 6.07) is 78.0. The Balaban J connectivity index is 1.12.